The molecular formula is C13H15Cl2N5. The van der Waals surface area contributed by atoms with Crippen molar-refractivity contribution < 1.29 is 0 Å². The van der Waals surface area contributed by atoms with E-state index in [2.05, 4.69) is 32.7 Å². The van der Waals surface area contributed by atoms with Gasteiger partial charge in [0, 0.05) is 6.54 Å². The molecule has 1 aromatic carbocycles. The van der Waals surface area contributed by atoms with Gasteiger partial charge in [0.25, 0.3) is 0 Å². The van der Waals surface area contributed by atoms with Gasteiger partial charge in [-0.2, -0.15) is 10.1 Å². The molecular weight excluding hydrogens is 297 g/mol. The minimum Gasteiger partial charge on any atom is -0.369 e. The molecule has 0 bridgehead atoms. The lowest BCUT2D eigenvalue weighted by Crippen LogP contribution is -2.06. The normalized spacial score (nSPS) is 10.3. The molecule has 20 heavy (non-hydrogen) atoms. The van der Waals surface area contributed by atoms with Crippen molar-refractivity contribution in [2.24, 2.45) is 0 Å². The summed E-state index contributed by atoms with van der Waals surface area (Å²) in [5, 5.41) is 15.0. The highest BCUT2D eigenvalue weighted by molar-refractivity contribution is 6.39. The third kappa shape index (κ3) is 3.95. The van der Waals surface area contributed by atoms with E-state index in [1.807, 2.05) is 0 Å². The minimum atomic E-state index is 0.349. The van der Waals surface area contributed by atoms with E-state index in [4.69, 9.17) is 23.2 Å². The zero-order valence-electron chi connectivity index (χ0n) is 11.0. The second kappa shape index (κ2) is 7.26. The van der Waals surface area contributed by atoms with Gasteiger partial charge < -0.3 is 10.6 Å². The van der Waals surface area contributed by atoms with E-state index in [0.717, 1.165) is 19.4 Å². The summed E-state index contributed by atoms with van der Waals surface area (Å²) in [4.78, 5) is 4.31. The van der Waals surface area contributed by atoms with Gasteiger partial charge in [-0.25, -0.2) is 0 Å². The monoisotopic (exact) mass is 311 g/mol. The molecule has 0 atom stereocenters. The molecule has 0 unspecified atom stereocenters. The van der Waals surface area contributed by atoms with Crippen LogP contribution >= 0.6 is 23.2 Å². The number of halogens is 2. The van der Waals surface area contributed by atoms with Crippen molar-refractivity contribution in [3.05, 3.63) is 34.4 Å². The number of anilines is 3. The molecule has 0 amide bonds. The Hall–Kier alpha value is -1.59. The average Bonchev–Trinajstić information content (AvgIpc) is 2.44. The first kappa shape index (κ1) is 14.8. The van der Waals surface area contributed by atoms with E-state index >= 15 is 0 Å². The quantitative estimate of drug-likeness (QED) is 0.785. The standard InChI is InChI=1S/C13H15Cl2N5/c1-2-3-7-16-11-8-17-20-13(18-11)19-12-9(14)5-4-6-10(12)15/h4-6,8H,2-3,7H2,1H3,(H2,16,18,19,20). The van der Waals surface area contributed by atoms with Crippen LogP contribution in [0, 0.1) is 0 Å². The molecule has 7 heteroatoms. The first-order valence-corrected chi connectivity index (χ1v) is 7.11. The Balaban J connectivity index is 2.11. The second-order valence-corrected chi connectivity index (χ2v) is 4.98. The van der Waals surface area contributed by atoms with Crippen LogP contribution in [0.5, 0.6) is 0 Å². The van der Waals surface area contributed by atoms with Crippen molar-refractivity contribution in [3.8, 4) is 0 Å². The molecule has 1 heterocycles. The number of aromatic nitrogens is 3. The van der Waals surface area contributed by atoms with Crippen LogP contribution in [0.4, 0.5) is 17.5 Å². The molecule has 0 aliphatic carbocycles. The zero-order valence-corrected chi connectivity index (χ0v) is 12.5. The van der Waals surface area contributed by atoms with Gasteiger partial charge in [0.05, 0.1) is 21.9 Å². The molecule has 0 spiro atoms. The van der Waals surface area contributed by atoms with Crippen LogP contribution < -0.4 is 10.6 Å². The number of hydrogen-bond acceptors (Lipinski definition) is 5. The van der Waals surface area contributed by atoms with Crippen molar-refractivity contribution >= 4 is 40.7 Å². The summed E-state index contributed by atoms with van der Waals surface area (Å²) in [6, 6.07) is 5.26. The maximum Gasteiger partial charge on any atom is 0.249 e. The number of benzene rings is 1. The first-order chi connectivity index (χ1) is 9.70. The third-order valence-electron chi connectivity index (χ3n) is 2.59. The summed E-state index contributed by atoms with van der Waals surface area (Å²) in [6.07, 6.45) is 3.77. The highest BCUT2D eigenvalue weighted by Gasteiger charge is 2.08. The van der Waals surface area contributed by atoms with Crippen molar-refractivity contribution in [2.45, 2.75) is 19.8 Å². The van der Waals surface area contributed by atoms with E-state index in [1.54, 1.807) is 24.4 Å². The summed E-state index contributed by atoms with van der Waals surface area (Å²) in [6.45, 7) is 2.98. The second-order valence-electron chi connectivity index (χ2n) is 4.17. The summed E-state index contributed by atoms with van der Waals surface area (Å²) < 4.78 is 0. The summed E-state index contributed by atoms with van der Waals surface area (Å²) in [5.74, 6) is 1.01. The van der Waals surface area contributed by atoms with Gasteiger partial charge in [-0.15, -0.1) is 5.10 Å². The highest BCUT2D eigenvalue weighted by atomic mass is 35.5. The predicted octanol–water partition coefficient (Wildman–Crippen LogP) is 4.13. The van der Waals surface area contributed by atoms with Gasteiger partial charge in [-0.3, -0.25) is 0 Å². The molecule has 0 fully saturated rings. The molecule has 0 saturated heterocycles. The molecule has 5 nitrogen and oxygen atoms in total. The SMILES string of the molecule is CCCCNc1cnnc(Nc2c(Cl)cccc2Cl)n1. The maximum atomic E-state index is 6.08. The Morgan fingerprint density at radius 1 is 1.20 bits per heavy atom. The summed E-state index contributed by atoms with van der Waals surface area (Å²) in [7, 11) is 0. The third-order valence-corrected chi connectivity index (χ3v) is 3.22. The van der Waals surface area contributed by atoms with E-state index in [9.17, 15) is 0 Å². The number of nitrogens with zero attached hydrogens (tertiary/aromatic N) is 3. The Labute approximate surface area is 127 Å². The molecule has 2 aromatic rings. The highest BCUT2D eigenvalue weighted by Crippen LogP contribution is 2.31. The van der Waals surface area contributed by atoms with E-state index in [-0.39, 0.29) is 0 Å². The van der Waals surface area contributed by atoms with Gasteiger partial charge >= 0.3 is 0 Å². The van der Waals surface area contributed by atoms with Gasteiger partial charge in [0.2, 0.25) is 5.95 Å². The van der Waals surface area contributed by atoms with Crippen LogP contribution in [0.15, 0.2) is 24.4 Å². The number of nitrogens with one attached hydrogen (secondary N) is 2. The summed E-state index contributed by atoms with van der Waals surface area (Å²) in [5.41, 5.74) is 0.573. The topological polar surface area (TPSA) is 62.7 Å². The Morgan fingerprint density at radius 3 is 2.65 bits per heavy atom. The molecule has 106 valence electrons. The van der Waals surface area contributed by atoms with Crippen LogP contribution in [0.2, 0.25) is 10.0 Å². The predicted molar refractivity (Wildman–Crippen MR) is 83.0 cm³/mol. The Bertz CT molecular complexity index is 556. The van der Waals surface area contributed by atoms with Crippen molar-refractivity contribution in [1.82, 2.24) is 15.2 Å². The van der Waals surface area contributed by atoms with Crippen molar-refractivity contribution in [2.75, 3.05) is 17.2 Å². The Morgan fingerprint density at radius 2 is 1.95 bits per heavy atom. The fourth-order valence-corrected chi connectivity index (χ4v) is 2.06. The van der Waals surface area contributed by atoms with Gasteiger partial charge in [0.1, 0.15) is 0 Å². The number of para-hydroxylation sites is 1. The molecule has 0 aliphatic rings. The summed E-state index contributed by atoms with van der Waals surface area (Å²) >= 11 is 12.2. The van der Waals surface area contributed by atoms with Gasteiger partial charge in [-0.1, -0.05) is 42.6 Å². The fraction of sp³-hybridized carbons (Fsp3) is 0.308. The van der Waals surface area contributed by atoms with Crippen LogP contribution in [0.1, 0.15) is 19.8 Å². The van der Waals surface area contributed by atoms with E-state index in [0.29, 0.717) is 27.5 Å². The number of hydrogen-bond donors (Lipinski definition) is 2. The average molecular weight is 312 g/mol. The number of rotatable bonds is 6. The smallest absolute Gasteiger partial charge is 0.249 e. The fourth-order valence-electron chi connectivity index (χ4n) is 1.56. The molecule has 0 radical (unpaired) electrons. The molecule has 2 rings (SSSR count). The van der Waals surface area contributed by atoms with Crippen molar-refractivity contribution in [1.29, 1.82) is 0 Å². The van der Waals surface area contributed by atoms with Crippen LogP contribution in [-0.2, 0) is 0 Å². The van der Waals surface area contributed by atoms with Crippen molar-refractivity contribution in [3.63, 3.8) is 0 Å². The molecule has 1 aromatic heterocycles. The lowest BCUT2D eigenvalue weighted by Gasteiger charge is -2.09. The molecule has 0 saturated carbocycles. The number of unbranched alkanes of at least 4 members (excludes halogenated alkanes) is 1. The van der Waals surface area contributed by atoms with Crippen LogP contribution in [0.25, 0.3) is 0 Å². The lowest BCUT2D eigenvalue weighted by atomic mass is 10.3. The van der Waals surface area contributed by atoms with Gasteiger partial charge in [0.15, 0.2) is 5.82 Å². The van der Waals surface area contributed by atoms with Gasteiger partial charge in [-0.05, 0) is 18.6 Å². The lowest BCUT2D eigenvalue weighted by molar-refractivity contribution is 0.827. The Kier molecular flexibility index (Phi) is 5.38. The molecule has 0 aliphatic heterocycles. The maximum absolute atomic E-state index is 6.08. The van der Waals surface area contributed by atoms with Crippen LogP contribution in [-0.4, -0.2) is 21.7 Å². The van der Waals surface area contributed by atoms with E-state index in [1.165, 1.54) is 0 Å². The minimum absolute atomic E-state index is 0.349. The van der Waals surface area contributed by atoms with Crippen LogP contribution in [0.3, 0.4) is 0 Å². The molecule has 2 N–H and O–H groups in total. The zero-order chi connectivity index (χ0) is 14.4. The first-order valence-electron chi connectivity index (χ1n) is 6.35. The largest absolute Gasteiger partial charge is 0.369 e. The van der Waals surface area contributed by atoms with E-state index < -0.39 is 0 Å².